The molecule has 21 heavy (non-hydrogen) atoms. The minimum absolute atomic E-state index is 0.527. The Labute approximate surface area is 121 Å². The van der Waals surface area contributed by atoms with E-state index in [1.807, 2.05) is 24.4 Å². The van der Waals surface area contributed by atoms with E-state index in [2.05, 4.69) is 26.5 Å². The number of nitrogens with one attached hydrogen (secondary N) is 1. The van der Waals surface area contributed by atoms with Gasteiger partial charge in [0.2, 0.25) is 0 Å². The van der Waals surface area contributed by atoms with Gasteiger partial charge < -0.3 is 5.32 Å². The smallest absolute Gasteiger partial charge is 0.153 e. The summed E-state index contributed by atoms with van der Waals surface area (Å²) in [6.07, 6.45) is 6.94. The van der Waals surface area contributed by atoms with Gasteiger partial charge >= 0.3 is 0 Å². The fourth-order valence-corrected chi connectivity index (χ4v) is 1.92. The lowest BCUT2D eigenvalue weighted by Gasteiger charge is -2.08. The summed E-state index contributed by atoms with van der Waals surface area (Å²) in [5.41, 5.74) is 1.56. The summed E-state index contributed by atoms with van der Waals surface area (Å²) in [4.78, 5) is 8.45. The molecule has 0 aliphatic rings. The van der Waals surface area contributed by atoms with Crippen molar-refractivity contribution in [2.75, 3.05) is 5.32 Å². The number of anilines is 1. The molecular formula is C15H12N6. The van der Waals surface area contributed by atoms with Crippen LogP contribution >= 0.6 is 0 Å². The van der Waals surface area contributed by atoms with Gasteiger partial charge in [-0.05, 0) is 35.9 Å². The van der Waals surface area contributed by atoms with Crippen LogP contribution in [-0.4, -0.2) is 19.7 Å². The molecular weight excluding hydrogens is 264 g/mol. The van der Waals surface area contributed by atoms with Crippen molar-refractivity contribution < 1.29 is 0 Å². The molecule has 0 aliphatic heterocycles. The van der Waals surface area contributed by atoms with Crippen LogP contribution < -0.4 is 5.32 Å². The molecule has 3 aromatic heterocycles. The van der Waals surface area contributed by atoms with E-state index < -0.39 is 0 Å². The molecule has 102 valence electrons. The van der Waals surface area contributed by atoms with E-state index in [9.17, 15) is 0 Å². The van der Waals surface area contributed by atoms with Gasteiger partial charge in [0.1, 0.15) is 11.9 Å². The van der Waals surface area contributed by atoms with Gasteiger partial charge in [-0.2, -0.15) is 10.4 Å². The number of rotatable bonds is 4. The third-order valence-corrected chi connectivity index (χ3v) is 2.94. The van der Waals surface area contributed by atoms with Gasteiger partial charge in [-0.15, -0.1) is 0 Å². The van der Waals surface area contributed by atoms with Crippen LogP contribution in [0.15, 0.2) is 55.1 Å². The molecule has 0 saturated heterocycles. The Bertz CT molecular complexity index is 773. The zero-order chi connectivity index (χ0) is 14.5. The molecule has 0 saturated carbocycles. The molecule has 3 heterocycles. The summed E-state index contributed by atoms with van der Waals surface area (Å²) in [5.74, 6) is 1.33. The van der Waals surface area contributed by atoms with Gasteiger partial charge in [-0.1, -0.05) is 0 Å². The number of pyridine rings is 2. The number of nitriles is 1. The van der Waals surface area contributed by atoms with E-state index >= 15 is 0 Å². The van der Waals surface area contributed by atoms with Crippen molar-refractivity contribution in [3.8, 4) is 11.9 Å². The standard InChI is InChI=1S/C15H12N6/c16-10-13-3-1-5-18-15(13)19-11-12-4-7-17-14(9-12)21-8-2-6-20-21/h1-9H,11H2,(H,18,19). The van der Waals surface area contributed by atoms with Crippen LogP contribution in [0.2, 0.25) is 0 Å². The fraction of sp³-hybridized carbons (Fsp3) is 0.0667. The quantitative estimate of drug-likeness (QED) is 0.789. The lowest BCUT2D eigenvalue weighted by atomic mass is 10.2. The number of nitrogens with zero attached hydrogens (tertiary/aromatic N) is 5. The first-order valence-electron chi connectivity index (χ1n) is 6.41. The molecule has 0 bridgehead atoms. The van der Waals surface area contributed by atoms with Crippen molar-refractivity contribution >= 4 is 5.82 Å². The summed E-state index contributed by atoms with van der Waals surface area (Å²) >= 11 is 0. The first-order valence-corrected chi connectivity index (χ1v) is 6.41. The summed E-state index contributed by atoms with van der Waals surface area (Å²) < 4.78 is 1.70. The molecule has 3 aromatic rings. The maximum atomic E-state index is 9.03. The van der Waals surface area contributed by atoms with Gasteiger partial charge in [0.15, 0.2) is 5.82 Å². The molecule has 0 amide bonds. The molecule has 1 N–H and O–H groups in total. The second kappa shape index (κ2) is 5.84. The van der Waals surface area contributed by atoms with Crippen molar-refractivity contribution in [1.29, 1.82) is 5.26 Å². The highest BCUT2D eigenvalue weighted by molar-refractivity contribution is 5.51. The van der Waals surface area contributed by atoms with Crippen LogP contribution in [0.1, 0.15) is 11.1 Å². The number of hydrogen-bond donors (Lipinski definition) is 1. The molecule has 0 unspecified atom stereocenters. The van der Waals surface area contributed by atoms with Crippen LogP contribution in [0.5, 0.6) is 0 Å². The van der Waals surface area contributed by atoms with Crippen molar-refractivity contribution in [3.05, 3.63) is 66.2 Å². The predicted octanol–water partition coefficient (Wildman–Crippen LogP) is 2.15. The van der Waals surface area contributed by atoms with Gasteiger partial charge in [0.05, 0.1) is 5.56 Å². The molecule has 0 radical (unpaired) electrons. The third kappa shape index (κ3) is 2.87. The topological polar surface area (TPSA) is 79.4 Å². The Morgan fingerprint density at radius 1 is 1.14 bits per heavy atom. The van der Waals surface area contributed by atoms with Crippen molar-refractivity contribution in [1.82, 2.24) is 19.7 Å². The van der Waals surface area contributed by atoms with Crippen LogP contribution in [0.4, 0.5) is 5.82 Å². The number of hydrogen-bond acceptors (Lipinski definition) is 5. The van der Waals surface area contributed by atoms with Crippen LogP contribution in [0.25, 0.3) is 5.82 Å². The summed E-state index contributed by atoms with van der Waals surface area (Å²) in [6.45, 7) is 0.558. The van der Waals surface area contributed by atoms with Crippen molar-refractivity contribution in [3.63, 3.8) is 0 Å². The van der Waals surface area contributed by atoms with Gasteiger partial charge in [0, 0.05) is 31.3 Å². The Hall–Kier alpha value is -3.20. The maximum absolute atomic E-state index is 9.03. The Morgan fingerprint density at radius 2 is 2.10 bits per heavy atom. The summed E-state index contributed by atoms with van der Waals surface area (Å²) in [6, 6.07) is 11.3. The summed E-state index contributed by atoms with van der Waals surface area (Å²) in [7, 11) is 0. The molecule has 0 fully saturated rings. The SMILES string of the molecule is N#Cc1cccnc1NCc1ccnc(-n2cccn2)c1. The summed E-state index contributed by atoms with van der Waals surface area (Å²) in [5, 5.41) is 16.3. The minimum Gasteiger partial charge on any atom is -0.365 e. The molecule has 0 spiro atoms. The number of aromatic nitrogens is 4. The lowest BCUT2D eigenvalue weighted by molar-refractivity contribution is 0.843. The van der Waals surface area contributed by atoms with E-state index in [4.69, 9.17) is 5.26 Å². The predicted molar refractivity (Wildman–Crippen MR) is 77.6 cm³/mol. The Balaban J connectivity index is 1.77. The normalized spacial score (nSPS) is 10.0. The Kier molecular flexibility index (Phi) is 3.56. The van der Waals surface area contributed by atoms with E-state index in [0.29, 0.717) is 17.9 Å². The average molecular weight is 276 g/mol. The second-order valence-electron chi connectivity index (χ2n) is 4.34. The monoisotopic (exact) mass is 276 g/mol. The van der Waals surface area contributed by atoms with E-state index in [1.165, 1.54) is 0 Å². The molecule has 6 nitrogen and oxygen atoms in total. The molecule has 0 atom stereocenters. The highest BCUT2D eigenvalue weighted by atomic mass is 15.3. The van der Waals surface area contributed by atoms with Crippen LogP contribution in [-0.2, 0) is 6.54 Å². The van der Waals surface area contributed by atoms with Crippen LogP contribution in [0, 0.1) is 11.3 Å². The molecule has 6 heteroatoms. The third-order valence-electron chi connectivity index (χ3n) is 2.94. The maximum Gasteiger partial charge on any atom is 0.153 e. The van der Waals surface area contributed by atoms with Crippen molar-refractivity contribution in [2.24, 2.45) is 0 Å². The zero-order valence-corrected chi connectivity index (χ0v) is 11.1. The average Bonchev–Trinajstić information content (AvgIpc) is 3.08. The van der Waals surface area contributed by atoms with Gasteiger partial charge in [0.25, 0.3) is 0 Å². The van der Waals surface area contributed by atoms with E-state index in [1.54, 1.807) is 35.4 Å². The molecule has 0 aliphatic carbocycles. The van der Waals surface area contributed by atoms with Crippen molar-refractivity contribution in [2.45, 2.75) is 6.54 Å². The largest absolute Gasteiger partial charge is 0.365 e. The zero-order valence-electron chi connectivity index (χ0n) is 11.1. The highest BCUT2D eigenvalue weighted by Gasteiger charge is 2.03. The van der Waals surface area contributed by atoms with Crippen LogP contribution in [0.3, 0.4) is 0 Å². The molecule has 3 rings (SSSR count). The first kappa shape index (κ1) is 12.8. The first-order chi connectivity index (χ1) is 10.4. The van der Waals surface area contributed by atoms with E-state index in [-0.39, 0.29) is 0 Å². The minimum atomic E-state index is 0.527. The van der Waals surface area contributed by atoms with E-state index in [0.717, 1.165) is 11.4 Å². The fourth-order valence-electron chi connectivity index (χ4n) is 1.92. The van der Waals surface area contributed by atoms with Gasteiger partial charge in [-0.3, -0.25) is 0 Å². The van der Waals surface area contributed by atoms with Gasteiger partial charge in [-0.25, -0.2) is 14.6 Å². The molecule has 0 aromatic carbocycles. The second-order valence-corrected chi connectivity index (χ2v) is 4.34. The highest BCUT2D eigenvalue weighted by Crippen LogP contribution is 2.12. The lowest BCUT2D eigenvalue weighted by Crippen LogP contribution is -2.05. The Morgan fingerprint density at radius 3 is 2.90 bits per heavy atom.